The number of imide groups is 2. The lowest BCUT2D eigenvalue weighted by Gasteiger charge is -2.29. The van der Waals surface area contributed by atoms with E-state index in [9.17, 15) is 14.4 Å². The number of barbiturate groups is 1. The number of hydrogen-bond donors (Lipinski definition) is 1. The van der Waals surface area contributed by atoms with Gasteiger partial charge in [-0.05, 0) is 12.8 Å². The smallest absolute Gasteiger partial charge is 0.277 e. The SMILES string of the molecule is C=C(Cl)CN1C(=O)NC(=O)C2(CC2)C1=O. The van der Waals surface area contributed by atoms with Gasteiger partial charge in [-0.15, -0.1) is 0 Å². The Balaban J connectivity index is 2.24. The minimum Gasteiger partial charge on any atom is -0.277 e. The Bertz CT molecular complexity index is 387. The van der Waals surface area contributed by atoms with Crippen molar-refractivity contribution in [3.05, 3.63) is 11.6 Å². The van der Waals surface area contributed by atoms with Crippen molar-refractivity contribution in [2.75, 3.05) is 6.54 Å². The Morgan fingerprint density at radius 3 is 2.53 bits per heavy atom. The maximum absolute atomic E-state index is 11.8. The zero-order chi connectivity index (χ0) is 11.2. The molecule has 2 fully saturated rings. The van der Waals surface area contributed by atoms with E-state index in [2.05, 4.69) is 11.9 Å². The number of nitrogens with zero attached hydrogens (tertiary/aromatic N) is 1. The van der Waals surface area contributed by atoms with Gasteiger partial charge in [-0.3, -0.25) is 19.8 Å². The molecule has 1 saturated carbocycles. The van der Waals surface area contributed by atoms with E-state index in [1.807, 2.05) is 0 Å². The molecule has 1 N–H and O–H groups in total. The fraction of sp³-hybridized carbons (Fsp3) is 0.444. The Hall–Kier alpha value is -1.36. The van der Waals surface area contributed by atoms with Crippen LogP contribution >= 0.6 is 11.6 Å². The molecule has 1 aliphatic carbocycles. The van der Waals surface area contributed by atoms with Gasteiger partial charge < -0.3 is 0 Å². The van der Waals surface area contributed by atoms with Gasteiger partial charge in [-0.2, -0.15) is 0 Å². The minimum atomic E-state index is -1.000. The Kier molecular flexibility index (Phi) is 2.08. The van der Waals surface area contributed by atoms with Gasteiger partial charge in [-0.1, -0.05) is 18.2 Å². The van der Waals surface area contributed by atoms with E-state index in [4.69, 9.17) is 11.6 Å². The molecule has 15 heavy (non-hydrogen) atoms. The van der Waals surface area contributed by atoms with Crippen LogP contribution in [0, 0.1) is 5.41 Å². The van der Waals surface area contributed by atoms with Gasteiger partial charge in [-0.25, -0.2) is 4.79 Å². The minimum absolute atomic E-state index is 0.0543. The van der Waals surface area contributed by atoms with Gasteiger partial charge in [0.2, 0.25) is 11.8 Å². The van der Waals surface area contributed by atoms with Crippen LogP contribution in [0.15, 0.2) is 11.6 Å². The van der Waals surface area contributed by atoms with Gasteiger partial charge in [0.05, 0.1) is 6.54 Å². The molecular formula is C9H9ClN2O3. The van der Waals surface area contributed by atoms with Crippen LogP contribution in [0.4, 0.5) is 4.79 Å². The molecular weight excluding hydrogens is 220 g/mol. The van der Waals surface area contributed by atoms with E-state index in [0.29, 0.717) is 12.8 Å². The van der Waals surface area contributed by atoms with Crippen LogP contribution in [0.1, 0.15) is 12.8 Å². The second-order valence-electron chi connectivity index (χ2n) is 3.75. The highest BCUT2D eigenvalue weighted by Crippen LogP contribution is 2.49. The average molecular weight is 229 g/mol. The molecule has 0 aromatic heterocycles. The number of urea groups is 1. The Morgan fingerprint density at radius 1 is 1.47 bits per heavy atom. The summed E-state index contributed by atoms with van der Waals surface area (Å²) in [4.78, 5) is 35.5. The largest absolute Gasteiger partial charge is 0.331 e. The quantitative estimate of drug-likeness (QED) is 0.704. The van der Waals surface area contributed by atoms with Crippen molar-refractivity contribution in [1.82, 2.24) is 10.2 Å². The third-order valence-electron chi connectivity index (χ3n) is 2.63. The molecule has 0 aromatic carbocycles. The van der Waals surface area contributed by atoms with E-state index >= 15 is 0 Å². The first-order valence-corrected chi connectivity index (χ1v) is 4.86. The maximum atomic E-state index is 11.8. The molecule has 2 rings (SSSR count). The summed E-state index contributed by atoms with van der Waals surface area (Å²) in [7, 11) is 0. The molecule has 4 amide bonds. The zero-order valence-electron chi connectivity index (χ0n) is 7.88. The third kappa shape index (κ3) is 1.43. The van der Waals surface area contributed by atoms with Crippen LogP contribution in [0.3, 0.4) is 0 Å². The highest BCUT2D eigenvalue weighted by Gasteiger charge is 2.62. The first kappa shape index (κ1) is 10.2. The molecule has 0 bridgehead atoms. The van der Waals surface area contributed by atoms with Crippen molar-refractivity contribution < 1.29 is 14.4 Å². The van der Waals surface area contributed by atoms with Gasteiger partial charge in [0.25, 0.3) is 0 Å². The van der Waals surface area contributed by atoms with Crippen LogP contribution < -0.4 is 5.32 Å². The number of hydrogen-bond acceptors (Lipinski definition) is 3. The number of amides is 4. The summed E-state index contributed by atoms with van der Waals surface area (Å²) in [5, 5.41) is 2.33. The lowest BCUT2D eigenvalue weighted by molar-refractivity contribution is -0.144. The molecule has 0 unspecified atom stereocenters. The monoisotopic (exact) mass is 228 g/mol. The van der Waals surface area contributed by atoms with Crippen LogP contribution in [0.25, 0.3) is 0 Å². The normalized spacial score (nSPS) is 23.0. The summed E-state index contributed by atoms with van der Waals surface area (Å²) in [5.41, 5.74) is -1.000. The van der Waals surface area contributed by atoms with Gasteiger partial charge >= 0.3 is 6.03 Å². The highest BCUT2D eigenvalue weighted by molar-refractivity contribution is 6.30. The van der Waals surface area contributed by atoms with Crippen LogP contribution in [0.5, 0.6) is 0 Å². The van der Waals surface area contributed by atoms with Crippen LogP contribution in [-0.4, -0.2) is 29.3 Å². The average Bonchev–Trinajstić information content (AvgIpc) is 2.91. The molecule has 2 aliphatic rings. The molecule has 0 atom stereocenters. The van der Waals surface area contributed by atoms with E-state index < -0.39 is 23.3 Å². The summed E-state index contributed by atoms with van der Waals surface area (Å²) in [6, 6.07) is -0.718. The zero-order valence-corrected chi connectivity index (χ0v) is 8.63. The van der Waals surface area contributed by atoms with Crippen molar-refractivity contribution in [2.45, 2.75) is 12.8 Å². The fourth-order valence-electron chi connectivity index (χ4n) is 1.61. The number of carbonyl (C=O) groups is 3. The number of halogens is 1. The standard InChI is InChI=1S/C9H9ClN2O3/c1-5(10)4-12-7(14)9(2-3-9)6(13)11-8(12)15/h1-4H2,(H,11,13,15). The van der Waals surface area contributed by atoms with Crippen molar-refractivity contribution in [2.24, 2.45) is 5.41 Å². The first-order valence-electron chi connectivity index (χ1n) is 4.48. The molecule has 1 saturated heterocycles. The molecule has 1 spiro atoms. The summed E-state index contributed by atoms with van der Waals surface area (Å²) >= 11 is 5.54. The van der Waals surface area contributed by atoms with Crippen molar-refractivity contribution in [3.8, 4) is 0 Å². The van der Waals surface area contributed by atoms with E-state index in [0.717, 1.165) is 4.90 Å². The Morgan fingerprint density at radius 2 is 2.07 bits per heavy atom. The molecule has 0 radical (unpaired) electrons. The highest BCUT2D eigenvalue weighted by atomic mass is 35.5. The van der Waals surface area contributed by atoms with Crippen molar-refractivity contribution in [1.29, 1.82) is 0 Å². The van der Waals surface area contributed by atoms with Gasteiger partial charge in [0.1, 0.15) is 5.41 Å². The van der Waals surface area contributed by atoms with Crippen molar-refractivity contribution in [3.63, 3.8) is 0 Å². The van der Waals surface area contributed by atoms with Crippen molar-refractivity contribution >= 4 is 29.4 Å². The number of carbonyl (C=O) groups excluding carboxylic acids is 3. The molecule has 1 heterocycles. The lowest BCUT2D eigenvalue weighted by Crippen LogP contribution is -2.59. The number of nitrogens with one attached hydrogen (secondary N) is 1. The summed E-state index contributed by atoms with van der Waals surface area (Å²) in [6.07, 6.45) is 0.992. The van der Waals surface area contributed by atoms with Gasteiger partial charge in [0.15, 0.2) is 0 Å². The van der Waals surface area contributed by atoms with Crippen LogP contribution in [-0.2, 0) is 9.59 Å². The second kappa shape index (κ2) is 3.06. The van der Waals surface area contributed by atoms with E-state index in [1.165, 1.54) is 0 Å². The Labute approximate surface area is 91.1 Å². The predicted octanol–water partition coefficient (Wildman–Crippen LogP) is 0.598. The first-order chi connectivity index (χ1) is 6.97. The molecule has 0 aromatic rings. The summed E-state index contributed by atoms with van der Waals surface area (Å²) < 4.78 is 0. The summed E-state index contributed by atoms with van der Waals surface area (Å²) in [6.45, 7) is 3.36. The lowest BCUT2D eigenvalue weighted by atomic mass is 10.0. The molecule has 6 heteroatoms. The van der Waals surface area contributed by atoms with Gasteiger partial charge in [0, 0.05) is 5.03 Å². The second-order valence-corrected chi connectivity index (χ2v) is 4.28. The molecule has 5 nitrogen and oxygen atoms in total. The fourth-order valence-corrected chi connectivity index (χ4v) is 1.73. The molecule has 80 valence electrons. The predicted molar refractivity (Wildman–Crippen MR) is 51.9 cm³/mol. The van der Waals surface area contributed by atoms with Crippen LogP contribution in [0.2, 0.25) is 0 Å². The number of rotatable bonds is 2. The van der Waals surface area contributed by atoms with E-state index in [-0.39, 0.29) is 11.6 Å². The maximum Gasteiger partial charge on any atom is 0.331 e. The molecule has 1 aliphatic heterocycles. The topological polar surface area (TPSA) is 66.5 Å². The van der Waals surface area contributed by atoms with E-state index in [1.54, 1.807) is 0 Å². The third-order valence-corrected chi connectivity index (χ3v) is 2.75. The summed E-state index contributed by atoms with van der Waals surface area (Å²) in [5.74, 6) is -0.952.